The minimum Gasteiger partial charge on any atom is -0.486 e. The van der Waals surface area contributed by atoms with E-state index in [1.807, 2.05) is 24.3 Å². The van der Waals surface area contributed by atoms with Gasteiger partial charge in [-0.15, -0.1) is 0 Å². The van der Waals surface area contributed by atoms with E-state index in [0.717, 1.165) is 23.8 Å². The molecule has 0 saturated heterocycles. The van der Waals surface area contributed by atoms with Crippen molar-refractivity contribution in [1.29, 1.82) is 0 Å². The lowest BCUT2D eigenvalue weighted by Gasteiger charge is -2.08. The highest BCUT2D eigenvalue weighted by molar-refractivity contribution is 5.29. The van der Waals surface area contributed by atoms with Crippen molar-refractivity contribution >= 4 is 0 Å². The van der Waals surface area contributed by atoms with Crippen LogP contribution in [-0.4, -0.2) is 6.04 Å². The molecule has 2 aromatic rings. The molecule has 0 aliphatic rings. The van der Waals surface area contributed by atoms with Crippen LogP contribution in [0.2, 0.25) is 0 Å². The molecule has 114 valence electrons. The van der Waals surface area contributed by atoms with Crippen LogP contribution in [-0.2, 0) is 13.2 Å². The number of furan rings is 1. The van der Waals surface area contributed by atoms with E-state index >= 15 is 0 Å². The number of hydrogen-bond donors (Lipinski definition) is 1. The molecular weight excluding hydrogens is 262 g/mol. The molecule has 0 fully saturated rings. The third-order valence-electron chi connectivity index (χ3n) is 3.33. The van der Waals surface area contributed by atoms with E-state index < -0.39 is 0 Å². The van der Waals surface area contributed by atoms with Gasteiger partial charge in [-0.05, 0) is 35.7 Å². The van der Waals surface area contributed by atoms with Gasteiger partial charge in [-0.2, -0.15) is 0 Å². The van der Waals surface area contributed by atoms with Crippen LogP contribution in [0.25, 0.3) is 0 Å². The summed E-state index contributed by atoms with van der Waals surface area (Å²) in [7, 11) is 0. The molecule has 1 aromatic carbocycles. The number of rotatable bonds is 7. The molecule has 0 aliphatic carbocycles. The summed E-state index contributed by atoms with van der Waals surface area (Å²) in [5, 5.41) is 3.33. The van der Waals surface area contributed by atoms with Crippen LogP contribution >= 0.6 is 0 Å². The number of benzene rings is 1. The third kappa shape index (κ3) is 4.94. The Balaban J connectivity index is 1.85. The van der Waals surface area contributed by atoms with Crippen LogP contribution in [0.3, 0.4) is 0 Å². The van der Waals surface area contributed by atoms with E-state index in [0.29, 0.717) is 18.6 Å². The highest BCUT2D eigenvalue weighted by Gasteiger charge is 2.04. The lowest BCUT2D eigenvalue weighted by molar-refractivity contribution is 0.264. The van der Waals surface area contributed by atoms with Gasteiger partial charge in [0.15, 0.2) is 0 Å². The van der Waals surface area contributed by atoms with Gasteiger partial charge in [0.05, 0.1) is 6.54 Å². The van der Waals surface area contributed by atoms with Gasteiger partial charge >= 0.3 is 0 Å². The Morgan fingerprint density at radius 3 is 2.24 bits per heavy atom. The Kier molecular flexibility index (Phi) is 5.45. The lowest BCUT2D eigenvalue weighted by atomic mass is 10.0. The van der Waals surface area contributed by atoms with Crippen LogP contribution in [0.4, 0.5) is 0 Å². The van der Waals surface area contributed by atoms with Crippen molar-refractivity contribution in [2.45, 2.75) is 52.8 Å². The highest BCUT2D eigenvalue weighted by Crippen LogP contribution is 2.19. The summed E-state index contributed by atoms with van der Waals surface area (Å²) in [6.07, 6.45) is 0. The summed E-state index contributed by atoms with van der Waals surface area (Å²) >= 11 is 0. The summed E-state index contributed by atoms with van der Waals surface area (Å²) in [6.45, 7) is 9.82. The molecule has 0 amide bonds. The number of hydrogen-bond acceptors (Lipinski definition) is 3. The molecule has 2 rings (SSSR count). The Hall–Kier alpha value is -1.74. The fourth-order valence-electron chi connectivity index (χ4n) is 2.00. The van der Waals surface area contributed by atoms with E-state index in [1.165, 1.54) is 5.56 Å². The normalized spacial score (nSPS) is 11.3. The zero-order valence-electron chi connectivity index (χ0n) is 13.3. The molecule has 0 unspecified atom stereocenters. The first-order valence-electron chi connectivity index (χ1n) is 7.58. The molecular formula is C18H25NO2. The van der Waals surface area contributed by atoms with E-state index in [2.05, 4.69) is 45.1 Å². The first-order valence-corrected chi connectivity index (χ1v) is 7.58. The van der Waals surface area contributed by atoms with Gasteiger partial charge in [0, 0.05) is 6.04 Å². The van der Waals surface area contributed by atoms with Crippen molar-refractivity contribution in [3.8, 4) is 5.75 Å². The summed E-state index contributed by atoms with van der Waals surface area (Å²) in [5.41, 5.74) is 1.32. The minimum atomic E-state index is 0.453. The third-order valence-corrected chi connectivity index (χ3v) is 3.33. The largest absolute Gasteiger partial charge is 0.486 e. The van der Waals surface area contributed by atoms with Gasteiger partial charge in [-0.1, -0.05) is 39.8 Å². The molecule has 0 atom stereocenters. The Morgan fingerprint density at radius 2 is 1.62 bits per heavy atom. The van der Waals surface area contributed by atoms with Crippen LogP contribution in [0.1, 0.15) is 50.7 Å². The zero-order chi connectivity index (χ0) is 15.2. The Bertz CT molecular complexity index is 541. The van der Waals surface area contributed by atoms with Gasteiger partial charge in [-0.3, -0.25) is 0 Å². The van der Waals surface area contributed by atoms with E-state index in [1.54, 1.807) is 0 Å². The van der Waals surface area contributed by atoms with Crippen LogP contribution in [0.5, 0.6) is 5.75 Å². The zero-order valence-corrected chi connectivity index (χ0v) is 13.3. The van der Waals surface area contributed by atoms with Crippen LogP contribution < -0.4 is 10.1 Å². The van der Waals surface area contributed by atoms with Gasteiger partial charge in [-0.25, -0.2) is 0 Å². The maximum atomic E-state index is 5.75. The molecule has 3 nitrogen and oxygen atoms in total. The molecule has 1 N–H and O–H groups in total. The first kappa shape index (κ1) is 15.6. The SMILES string of the molecule is CC(C)NCc1ccc(COc2ccc(C(C)C)cc2)o1. The molecule has 0 saturated carbocycles. The average Bonchev–Trinajstić information content (AvgIpc) is 2.91. The van der Waals surface area contributed by atoms with Gasteiger partial charge in [0.25, 0.3) is 0 Å². The lowest BCUT2D eigenvalue weighted by Crippen LogP contribution is -2.21. The summed E-state index contributed by atoms with van der Waals surface area (Å²) in [4.78, 5) is 0. The monoisotopic (exact) mass is 287 g/mol. The van der Waals surface area contributed by atoms with Crippen LogP contribution in [0.15, 0.2) is 40.8 Å². The van der Waals surface area contributed by atoms with Crippen molar-refractivity contribution in [2.75, 3.05) is 0 Å². The smallest absolute Gasteiger partial charge is 0.146 e. The second-order valence-electron chi connectivity index (χ2n) is 5.92. The number of ether oxygens (including phenoxy) is 1. The number of nitrogens with one attached hydrogen (secondary N) is 1. The quantitative estimate of drug-likeness (QED) is 0.815. The summed E-state index contributed by atoms with van der Waals surface area (Å²) in [6, 6.07) is 12.7. The Morgan fingerprint density at radius 1 is 0.952 bits per heavy atom. The van der Waals surface area contributed by atoms with Crippen molar-refractivity contribution in [1.82, 2.24) is 5.32 Å². The van der Waals surface area contributed by atoms with E-state index in [9.17, 15) is 0 Å². The predicted octanol–water partition coefficient (Wildman–Crippen LogP) is 4.48. The minimum absolute atomic E-state index is 0.453. The summed E-state index contributed by atoms with van der Waals surface area (Å²) in [5.74, 6) is 3.21. The maximum Gasteiger partial charge on any atom is 0.146 e. The van der Waals surface area contributed by atoms with Gasteiger partial charge in [0.2, 0.25) is 0 Å². The van der Waals surface area contributed by atoms with Crippen molar-refractivity contribution in [3.05, 3.63) is 53.5 Å². The summed E-state index contributed by atoms with van der Waals surface area (Å²) < 4.78 is 11.5. The van der Waals surface area contributed by atoms with Gasteiger partial charge < -0.3 is 14.5 Å². The molecule has 1 aromatic heterocycles. The van der Waals surface area contributed by atoms with Crippen LogP contribution in [0, 0.1) is 0 Å². The molecule has 0 bridgehead atoms. The Labute approximate surface area is 127 Å². The molecule has 1 heterocycles. The fraction of sp³-hybridized carbons (Fsp3) is 0.444. The fourth-order valence-corrected chi connectivity index (χ4v) is 2.00. The standard InChI is InChI=1S/C18H25NO2/c1-13(2)15-5-7-16(8-6-15)20-12-18-10-9-17(21-18)11-19-14(3)4/h5-10,13-14,19H,11-12H2,1-4H3. The molecule has 3 heteroatoms. The second-order valence-corrected chi connectivity index (χ2v) is 5.92. The van der Waals surface area contributed by atoms with Crippen molar-refractivity contribution < 1.29 is 9.15 Å². The first-order chi connectivity index (χ1) is 10.0. The second kappa shape index (κ2) is 7.32. The predicted molar refractivity (Wildman–Crippen MR) is 85.5 cm³/mol. The maximum absolute atomic E-state index is 5.75. The molecule has 0 radical (unpaired) electrons. The average molecular weight is 287 g/mol. The van der Waals surface area contributed by atoms with E-state index in [4.69, 9.17) is 9.15 Å². The van der Waals surface area contributed by atoms with Crippen molar-refractivity contribution in [3.63, 3.8) is 0 Å². The van der Waals surface area contributed by atoms with E-state index in [-0.39, 0.29) is 0 Å². The topological polar surface area (TPSA) is 34.4 Å². The van der Waals surface area contributed by atoms with Crippen molar-refractivity contribution in [2.24, 2.45) is 0 Å². The molecule has 21 heavy (non-hydrogen) atoms. The molecule has 0 spiro atoms. The van der Waals surface area contributed by atoms with Gasteiger partial charge in [0.1, 0.15) is 23.9 Å². The highest BCUT2D eigenvalue weighted by atomic mass is 16.5. The molecule has 0 aliphatic heterocycles.